The fraction of sp³-hybridized carbons (Fsp3) is 0.421. The van der Waals surface area contributed by atoms with E-state index in [0.717, 1.165) is 19.4 Å². The minimum Gasteiger partial charge on any atom is -0.483 e. The number of ether oxygens (including phenoxy) is 2. The molecule has 9 heteroatoms. The summed E-state index contributed by atoms with van der Waals surface area (Å²) in [7, 11) is 0. The van der Waals surface area contributed by atoms with Crippen molar-refractivity contribution in [3.63, 3.8) is 0 Å². The quantitative estimate of drug-likeness (QED) is 0.483. The third kappa shape index (κ3) is 5.56. The number of benzene rings is 1. The predicted molar refractivity (Wildman–Crippen MR) is 104 cm³/mol. The first kappa shape index (κ1) is 20.3. The average molecular weight is 406 g/mol. The van der Waals surface area contributed by atoms with E-state index >= 15 is 0 Å². The van der Waals surface area contributed by atoms with Crippen molar-refractivity contribution >= 4 is 17.7 Å². The number of carbonyl (C=O) groups excluding carboxylic acids is 1. The van der Waals surface area contributed by atoms with Crippen LogP contribution in [0.15, 0.2) is 42.1 Å². The predicted octanol–water partition coefficient (Wildman–Crippen LogP) is 2.57. The topological polar surface area (TPSA) is 78.3 Å². The molecule has 0 spiro atoms. The van der Waals surface area contributed by atoms with Gasteiger partial charge in [-0.25, -0.2) is 4.39 Å². The summed E-state index contributed by atoms with van der Waals surface area (Å²) >= 11 is 1.28. The van der Waals surface area contributed by atoms with E-state index in [2.05, 4.69) is 22.1 Å². The third-order valence-electron chi connectivity index (χ3n) is 4.18. The average Bonchev–Trinajstić information content (AvgIpc) is 3.35. The Morgan fingerprint density at radius 3 is 3.07 bits per heavy atom. The zero-order valence-corrected chi connectivity index (χ0v) is 16.3. The highest BCUT2D eigenvalue weighted by atomic mass is 32.2. The van der Waals surface area contributed by atoms with E-state index in [4.69, 9.17) is 9.47 Å². The number of para-hydroxylation sites is 1. The van der Waals surface area contributed by atoms with Crippen molar-refractivity contribution in [1.29, 1.82) is 0 Å². The lowest BCUT2D eigenvalue weighted by Gasteiger charge is -2.11. The number of nitrogens with zero attached hydrogens (tertiary/aromatic N) is 3. The molecule has 1 fully saturated rings. The van der Waals surface area contributed by atoms with Crippen LogP contribution in [0.2, 0.25) is 0 Å². The molecule has 1 atom stereocenters. The van der Waals surface area contributed by atoms with Gasteiger partial charge in [-0.1, -0.05) is 30.0 Å². The Balaban J connectivity index is 1.54. The Labute approximate surface area is 167 Å². The van der Waals surface area contributed by atoms with Crippen LogP contribution in [0.3, 0.4) is 0 Å². The van der Waals surface area contributed by atoms with E-state index in [9.17, 15) is 9.18 Å². The van der Waals surface area contributed by atoms with Crippen molar-refractivity contribution in [3.05, 3.63) is 48.6 Å². The first-order valence-corrected chi connectivity index (χ1v) is 10.1. The molecule has 2 heterocycles. The number of allylic oxidation sites excluding steroid dienone is 1. The van der Waals surface area contributed by atoms with Crippen LogP contribution < -0.4 is 10.1 Å². The summed E-state index contributed by atoms with van der Waals surface area (Å²) in [5.74, 6) is 0.382. The minimum absolute atomic E-state index is 0.0630. The van der Waals surface area contributed by atoms with E-state index in [1.54, 1.807) is 28.8 Å². The molecule has 1 aromatic carbocycles. The van der Waals surface area contributed by atoms with Crippen LogP contribution in [0, 0.1) is 5.82 Å². The maximum Gasteiger partial charge on any atom is 0.230 e. The Kier molecular flexibility index (Phi) is 7.44. The van der Waals surface area contributed by atoms with Gasteiger partial charge in [-0.3, -0.25) is 9.36 Å². The molecule has 1 aliphatic rings. The SMILES string of the molecule is C=CCn1c(COc2ccccc2F)nnc1SCC(=O)NC[C@H]1CCCO1. The van der Waals surface area contributed by atoms with Gasteiger partial charge in [0.15, 0.2) is 22.5 Å². The highest BCUT2D eigenvalue weighted by Crippen LogP contribution is 2.20. The fourth-order valence-corrected chi connectivity index (χ4v) is 3.56. The lowest BCUT2D eigenvalue weighted by Crippen LogP contribution is -2.32. The molecule has 0 saturated carbocycles. The van der Waals surface area contributed by atoms with Crippen LogP contribution in [-0.4, -0.2) is 45.7 Å². The molecule has 0 bridgehead atoms. The third-order valence-corrected chi connectivity index (χ3v) is 5.15. The molecule has 2 aromatic rings. The second kappa shape index (κ2) is 10.2. The van der Waals surface area contributed by atoms with Gasteiger partial charge < -0.3 is 14.8 Å². The molecular formula is C19H23FN4O3S. The highest BCUT2D eigenvalue weighted by molar-refractivity contribution is 7.99. The summed E-state index contributed by atoms with van der Waals surface area (Å²) in [6.45, 7) is 5.55. The Bertz CT molecular complexity index is 808. The van der Waals surface area contributed by atoms with E-state index in [0.29, 0.717) is 24.1 Å². The van der Waals surface area contributed by atoms with E-state index in [1.165, 1.54) is 17.8 Å². The normalized spacial score (nSPS) is 16.1. The lowest BCUT2D eigenvalue weighted by atomic mass is 10.2. The summed E-state index contributed by atoms with van der Waals surface area (Å²) in [6, 6.07) is 6.18. The van der Waals surface area contributed by atoms with Gasteiger partial charge in [0, 0.05) is 19.7 Å². The molecule has 1 N–H and O–H groups in total. The van der Waals surface area contributed by atoms with Crippen molar-refractivity contribution in [2.24, 2.45) is 0 Å². The Hall–Kier alpha value is -2.39. The number of aromatic nitrogens is 3. The minimum atomic E-state index is -0.435. The van der Waals surface area contributed by atoms with Crippen LogP contribution in [0.4, 0.5) is 4.39 Å². The Morgan fingerprint density at radius 1 is 1.46 bits per heavy atom. The largest absolute Gasteiger partial charge is 0.483 e. The number of carbonyl (C=O) groups is 1. The second-order valence-corrected chi connectivity index (χ2v) is 7.19. The first-order chi connectivity index (χ1) is 13.7. The van der Waals surface area contributed by atoms with Gasteiger partial charge in [0.1, 0.15) is 6.61 Å². The monoisotopic (exact) mass is 406 g/mol. The standard InChI is InChI=1S/C19H23FN4O3S/c1-2-9-24-17(12-27-16-8-4-3-7-15(16)20)22-23-19(24)28-13-18(25)21-11-14-6-5-10-26-14/h2-4,7-8,14H,1,5-6,9-13H2,(H,21,25)/t14-/m1/s1. The first-order valence-electron chi connectivity index (χ1n) is 9.08. The molecule has 28 heavy (non-hydrogen) atoms. The number of hydrogen-bond acceptors (Lipinski definition) is 6. The van der Waals surface area contributed by atoms with Gasteiger partial charge in [0.2, 0.25) is 5.91 Å². The van der Waals surface area contributed by atoms with Crippen LogP contribution >= 0.6 is 11.8 Å². The molecule has 0 unspecified atom stereocenters. The van der Waals surface area contributed by atoms with Gasteiger partial charge in [-0.05, 0) is 25.0 Å². The summed E-state index contributed by atoms with van der Waals surface area (Å²) in [6.07, 6.45) is 3.84. The molecule has 1 aliphatic heterocycles. The van der Waals surface area contributed by atoms with Crippen molar-refractivity contribution in [2.45, 2.75) is 37.3 Å². The number of nitrogens with one attached hydrogen (secondary N) is 1. The smallest absolute Gasteiger partial charge is 0.230 e. The van der Waals surface area contributed by atoms with Gasteiger partial charge in [-0.15, -0.1) is 16.8 Å². The number of rotatable bonds is 10. The summed E-state index contributed by atoms with van der Waals surface area (Å²) < 4.78 is 26.5. The van der Waals surface area contributed by atoms with Gasteiger partial charge in [0.25, 0.3) is 0 Å². The fourth-order valence-electron chi connectivity index (χ4n) is 2.76. The van der Waals surface area contributed by atoms with Crippen LogP contribution in [0.5, 0.6) is 5.75 Å². The van der Waals surface area contributed by atoms with Gasteiger partial charge >= 0.3 is 0 Å². The van der Waals surface area contributed by atoms with Gasteiger partial charge in [-0.2, -0.15) is 0 Å². The highest BCUT2D eigenvalue weighted by Gasteiger charge is 2.18. The van der Waals surface area contributed by atoms with Crippen molar-refractivity contribution < 1.29 is 18.7 Å². The van der Waals surface area contributed by atoms with Crippen molar-refractivity contribution in [3.8, 4) is 5.75 Å². The van der Waals surface area contributed by atoms with Crippen LogP contribution in [0.25, 0.3) is 0 Å². The van der Waals surface area contributed by atoms with Crippen molar-refractivity contribution in [1.82, 2.24) is 20.1 Å². The zero-order chi connectivity index (χ0) is 19.8. The molecule has 1 saturated heterocycles. The van der Waals surface area contributed by atoms with Crippen LogP contribution in [-0.2, 0) is 22.7 Å². The summed E-state index contributed by atoms with van der Waals surface area (Å²) in [5.41, 5.74) is 0. The van der Waals surface area contributed by atoms with E-state index < -0.39 is 5.82 Å². The van der Waals surface area contributed by atoms with Crippen LogP contribution in [0.1, 0.15) is 18.7 Å². The molecule has 150 valence electrons. The Morgan fingerprint density at radius 2 is 2.32 bits per heavy atom. The number of halogens is 1. The van der Waals surface area contributed by atoms with Crippen molar-refractivity contribution in [2.75, 3.05) is 18.9 Å². The van der Waals surface area contributed by atoms with E-state index in [1.807, 2.05) is 0 Å². The lowest BCUT2D eigenvalue weighted by molar-refractivity contribution is -0.119. The molecule has 3 rings (SSSR count). The summed E-state index contributed by atoms with van der Waals surface area (Å²) in [4.78, 5) is 12.1. The number of hydrogen-bond donors (Lipinski definition) is 1. The molecule has 1 aromatic heterocycles. The number of thioether (sulfide) groups is 1. The summed E-state index contributed by atoms with van der Waals surface area (Å²) in [5, 5.41) is 11.7. The molecular weight excluding hydrogens is 383 g/mol. The molecule has 1 amide bonds. The van der Waals surface area contributed by atoms with Gasteiger partial charge in [0.05, 0.1) is 11.9 Å². The molecule has 0 aliphatic carbocycles. The zero-order valence-electron chi connectivity index (χ0n) is 15.5. The van der Waals surface area contributed by atoms with E-state index in [-0.39, 0.29) is 30.1 Å². The molecule has 0 radical (unpaired) electrons. The second-order valence-electron chi connectivity index (χ2n) is 6.24. The number of amides is 1. The maximum absolute atomic E-state index is 13.7. The molecule has 7 nitrogen and oxygen atoms in total. The maximum atomic E-state index is 13.7.